The molecular formula is C9H12N2S. The molecule has 0 unspecified atom stereocenters. The zero-order chi connectivity index (χ0) is 8.72. The van der Waals surface area contributed by atoms with E-state index < -0.39 is 0 Å². The molecule has 0 atom stereocenters. The Morgan fingerprint density at radius 1 is 1.33 bits per heavy atom. The van der Waals surface area contributed by atoms with Gasteiger partial charge in [-0.25, -0.2) is 0 Å². The summed E-state index contributed by atoms with van der Waals surface area (Å²) in [6.45, 7) is 4.17. The number of H-pyrrole nitrogens is 1. The molecule has 1 aromatic heterocycles. The Hall–Kier alpha value is -0.700. The van der Waals surface area contributed by atoms with Crippen LogP contribution in [0.5, 0.6) is 0 Å². The zero-order valence-corrected chi connectivity index (χ0v) is 8.16. The predicted octanol–water partition coefficient (Wildman–Crippen LogP) is 2.63. The maximum atomic E-state index is 5.09. The average Bonchev–Trinajstić information content (AvgIpc) is 2.84. The molecule has 1 aliphatic rings. The molecule has 1 fully saturated rings. The van der Waals surface area contributed by atoms with Crippen LogP contribution in [-0.4, -0.2) is 10.2 Å². The van der Waals surface area contributed by atoms with Crippen LogP contribution in [0, 0.1) is 18.5 Å². The molecule has 0 aromatic carbocycles. The van der Waals surface area contributed by atoms with Gasteiger partial charge < -0.3 is 0 Å². The molecule has 12 heavy (non-hydrogen) atoms. The molecule has 1 saturated carbocycles. The molecule has 0 saturated heterocycles. The Bertz CT molecular complexity index is 363. The molecule has 1 aliphatic carbocycles. The predicted molar refractivity (Wildman–Crippen MR) is 50.9 cm³/mol. The number of nitrogens with zero attached hydrogens (tertiary/aromatic N) is 1. The van der Waals surface area contributed by atoms with Crippen LogP contribution in [0.15, 0.2) is 0 Å². The zero-order valence-electron chi connectivity index (χ0n) is 7.35. The van der Waals surface area contributed by atoms with E-state index >= 15 is 0 Å². The standard InChI is InChI=1S/C9H12N2S/c1-5-6(2)9(12)11-10-8(5)7-3-4-7/h7H,3-4H2,1-2H3,(H,11,12). The summed E-state index contributed by atoms with van der Waals surface area (Å²) in [7, 11) is 0. The number of aromatic nitrogens is 2. The second kappa shape index (κ2) is 2.66. The van der Waals surface area contributed by atoms with Crippen LogP contribution in [0.2, 0.25) is 0 Å². The van der Waals surface area contributed by atoms with E-state index in [9.17, 15) is 0 Å². The van der Waals surface area contributed by atoms with E-state index in [-0.39, 0.29) is 0 Å². The molecule has 1 N–H and O–H groups in total. The van der Waals surface area contributed by atoms with E-state index in [0.29, 0.717) is 5.92 Å². The fourth-order valence-corrected chi connectivity index (χ4v) is 1.59. The van der Waals surface area contributed by atoms with Crippen LogP contribution in [0.25, 0.3) is 0 Å². The fourth-order valence-electron chi connectivity index (χ4n) is 1.40. The molecule has 3 heteroatoms. The summed E-state index contributed by atoms with van der Waals surface area (Å²) in [5, 5.41) is 7.17. The minimum absolute atomic E-state index is 0.704. The van der Waals surface area contributed by atoms with Crippen molar-refractivity contribution >= 4 is 12.2 Å². The van der Waals surface area contributed by atoms with Gasteiger partial charge >= 0.3 is 0 Å². The number of hydrogen-bond acceptors (Lipinski definition) is 2. The van der Waals surface area contributed by atoms with Crippen molar-refractivity contribution in [3.8, 4) is 0 Å². The van der Waals surface area contributed by atoms with Crippen molar-refractivity contribution in [1.29, 1.82) is 0 Å². The Morgan fingerprint density at radius 3 is 2.58 bits per heavy atom. The van der Waals surface area contributed by atoms with Gasteiger partial charge in [0, 0.05) is 5.92 Å². The molecule has 0 radical (unpaired) electrons. The van der Waals surface area contributed by atoms with Crippen LogP contribution < -0.4 is 0 Å². The van der Waals surface area contributed by atoms with Crippen molar-refractivity contribution in [2.45, 2.75) is 32.6 Å². The van der Waals surface area contributed by atoms with E-state index in [1.54, 1.807) is 0 Å². The van der Waals surface area contributed by atoms with E-state index in [1.807, 2.05) is 0 Å². The van der Waals surface area contributed by atoms with E-state index in [1.165, 1.54) is 29.7 Å². The van der Waals surface area contributed by atoms with Crippen molar-refractivity contribution in [3.05, 3.63) is 21.5 Å². The van der Waals surface area contributed by atoms with Gasteiger partial charge in [-0.1, -0.05) is 12.2 Å². The SMILES string of the molecule is Cc1c(C2CC2)n[nH]c(=S)c1C. The minimum Gasteiger partial charge on any atom is -0.267 e. The van der Waals surface area contributed by atoms with Crippen molar-refractivity contribution in [2.24, 2.45) is 0 Å². The summed E-state index contributed by atoms with van der Waals surface area (Å²) in [6, 6.07) is 0. The van der Waals surface area contributed by atoms with Crippen LogP contribution in [0.1, 0.15) is 35.6 Å². The quantitative estimate of drug-likeness (QED) is 0.673. The summed E-state index contributed by atoms with van der Waals surface area (Å²) in [6.07, 6.45) is 2.58. The molecule has 64 valence electrons. The number of aromatic amines is 1. The van der Waals surface area contributed by atoms with Crippen molar-refractivity contribution in [1.82, 2.24) is 10.2 Å². The molecule has 0 bridgehead atoms. The van der Waals surface area contributed by atoms with Crippen molar-refractivity contribution < 1.29 is 0 Å². The largest absolute Gasteiger partial charge is 0.267 e. The highest BCUT2D eigenvalue weighted by molar-refractivity contribution is 7.71. The lowest BCUT2D eigenvalue weighted by atomic mass is 10.1. The third kappa shape index (κ3) is 1.18. The lowest BCUT2D eigenvalue weighted by molar-refractivity contribution is 0.872. The molecule has 0 aliphatic heterocycles. The maximum absolute atomic E-state index is 5.09. The average molecular weight is 180 g/mol. The molecule has 1 heterocycles. The smallest absolute Gasteiger partial charge is 0.122 e. The Morgan fingerprint density at radius 2 is 2.00 bits per heavy atom. The first-order valence-electron chi connectivity index (χ1n) is 4.26. The molecule has 1 aromatic rings. The van der Waals surface area contributed by atoms with Gasteiger partial charge in [-0.05, 0) is 37.8 Å². The molecule has 2 nitrogen and oxygen atoms in total. The second-order valence-corrected chi connectivity index (χ2v) is 3.87. The van der Waals surface area contributed by atoms with Gasteiger partial charge in [0.25, 0.3) is 0 Å². The second-order valence-electron chi connectivity index (χ2n) is 3.46. The first kappa shape index (κ1) is 7.92. The highest BCUT2D eigenvalue weighted by Gasteiger charge is 2.27. The highest BCUT2D eigenvalue weighted by atomic mass is 32.1. The van der Waals surface area contributed by atoms with Crippen LogP contribution in [0.3, 0.4) is 0 Å². The summed E-state index contributed by atoms with van der Waals surface area (Å²) >= 11 is 5.09. The highest BCUT2D eigenvalue weighted by Crippen LogP contribution is 2.40. The van der Waals surface area contributed by atoms with Gasteiger partial charge in [-0.3, -0.25) is 5.10 Å². The van der Waals surface area contributed by atoms with E-state index in [4.69, 9.17) is 12.2 Å². The van der Waals surface area contributed by atoms with Crippen molar-refractivity contribution in [2.75, 3.05) is 0 Å². The summed E-state index contributed by atoms with van der Waals surface area (Å²) in [5.74, 6) is 0.704. The molecule has 2 rings (SSSR count). The van der Waals surface area contributed by atoms with Gasteiger partial charge in [0.05, 0.1) is 5.69 Å². The van der Waals surface area contributed by atoms with Gasteiger partial charge in [-0.15, -0.1) is 0 Å². The summed E-state index contributed by atoms with van der Waals surface area (Å²) in [4.78, 5) is 0. The van der Waals surface area contributed by atoms with Gasteiger partial charge in [0.2, 0.25) is 0 Å². The van der Waals surface area contributed by atoms with Gasteiger partial charge in [-0.2, -0.15) is 5.10 Å². The monoisotopic (exact) mass is 180 g/mol. The van der Waals surface area contributed by atoms with Crippen LogP contribution >= 0.6 is 12.2 Å². The third-order valence-corrected chi connectivity index (χ3v) is 2.93. The van der Waals surface area contributed by atoms with E-state index in [0.717, 1.165) is 4.64 Å². The molecular weight excluding hydrogens is 168 g/mol. The molecule has 0 spiro atoms. The Labute approximate surface area is 77.0 Å². The van der Waals surface area contributed by atoms with Gasteiger partial charge in [0.15, 0.2) is 0 Å². The maximum Gasteiger partial charge on any atom is 0.122 e. The normalized spacial score (nSPS) is 16.5. The van der Waals surface area contributed by atoms with Crippen molar-refractivity contribution in [3.63, 3.8) is 0 Å². The topological polar surface area (TPSA) is 28.7 Å². The number of rotatable bonds is 1. The number of nitrogens with one attached hydrogen (secondary N) is 1. The fraction of sp³-hybridized carbons (Fsp3) is 0.556. The Kier molecular flexibility index (Phi) is 1.76. The third-order valence-electron chi connectivity index (χ3n) is 2.53. The first-order valence-corrected chi connectivity index (χ1v) is 4.66. The summed E-state index contributed by atoms with van der Waals surface area (Å²) in [5.41, 5.74) is 3.68. The minimum atomic E-state index is 0.704. The lowest BCUT2D eigenvalue weighted by Crippen LogP contribution is -1.98. The van der Waals surface area contributed by atoms with Gasteiger partial charge in [0.1, 0.15) is 4.64 Å². The number of hydrogen-bond donors (Lipinski definition) is 1. The van der Waals surface area contributed by atoms with Crippen LogP contribution in [0.4, 0.5) is 0 Å². The van der Waals surface area contributed by atoms with Crippen LogP contribution in [-0.2, 0) is 0 Å². The van der Waals surface area contributed by atoms with E-state index in [2.05, 4.69) is 24.0 Å². The summed E-state index contributed by atoms with van der Waals surface area (Å²) < 4.78 is 0.775. The lowest BCUT2D eigenvalue weighted by Gasteiger charge is -2.04. The molecule has 0 amide bonds. The Balaban J connectivity index is 2.57. The first-order chi connectivity index (χ1) is 5.70.